The monoisotopic (exact) mass is 430 g/mol. The van der Waals surface area contributed by atoms with Crippen molar-refractivity contribution in [1.29, 1.82) is 0 Å². The van der Waals surface area contributed by atoms with Crippen LogP contribution in [0, 0.1) is 0 Å². The number of hydrogen-bond acceptors (Lipinski definition) is 5. The van der Waals surface area contributed by atoms with Gasteiger partial charge in [0.25, 0.3) is 5.56 Å². The van der Waals surface area contributed by atoms with Gasteiger partial charge in [-0.3, -0.25) is 19.3 Å². The Balaban J connectivity index is 1.72. The van der Waals surface area contributed by atoms with Crippen LogP contribution in [0.5, 0.6) is 0 Å². The van der Waals surface area contributed by atoms with E-state index in [1.165, 1.54) is 22.5 Å². The zero-order valence-electron chi connectivity index (χ0n) is 14.2. The van der Waals surface area contributed by atoms with Gasteiger partial charge < -0.3 is 0 Å². The molecule has 6 nitrogen and oxygen atoms in total. The van der Waals surface area contributed by atoms with Crippen LogP contribution in [-0.4, -0.2) is 31.3 Å². The molecule has 9 heteroatoms. The molecule has 28 heavy (non-hydrogen) atoms. The maximum absolute atomic E-state index is 13.0. The maximum Gasteiger partial charge on any atom is 0.269 e. The van der Waals surface area contributed by atoms with Gasteiger partial charge in [-0.05, 0) is 48.5 Å². The molecular formula is C19H12Cl2N4O2S. The Labute approximate surface area is 173 Å². The van der Waals surface area contributed by atoms with Gasteiger partial charge in [-0.25, -0.2) is 4.98 Å². The van der Waals surface area contributed by atoms with Gasteiger partial charge in [0, 0.05) is 15.6 Å². The van der Waals surface area contributed by atoms with Crippen molar-refractivity contribution < 1.29 is 4.79 Å². The topological polar surface area (TPSA) is 80.6 Å². The van der Waals surface area contributed by atoms with Crippen molar-refractivity contribution in [2.45, 2.75) is 5.16 Å². The number of carbonyl (C=O) groups is 1. The van der Waals surface area contributed by atoms with Gasteiger partial charge in [0.1, 0.15) is 5.39 Å². The number of benzene rings is 2. The van der Waals surface area contributed by atoms with Gasteiger partial charge in [0.05, 0.1) is 17.6 Å². The first-order valence-electron chi connectivity index (χ1n) is 8.16. The van der Waals surface area contributed by atoms with Crippen molar-refractivity contribution in [1.82, 2.24) is 19.7 Å². The van der Waals surface area contributed by atoms with E-state index in [0.717, 1.165) is 0 Å². The second-order valence-electron chi connectivity index (χ2n) is 5.86. The lowest BCUT2D eigenvalue weighted by Crippen LogP contribution is -2.21. The molecule has 0 fully saturated rings. The molecule has 0 spiro atoms. The standard InChI is InChI=1S/C19H12Cl2N4O2S/c20-12-3-1-11(2-4-12)16(26)10-28-19-23-17-15(9-22-24-17)18(27)25(19)14-7-5-13(21)6-8-14/h1-9H,10H2,(H,22,24). The van der Waals surface area contributed by atoms with E-state index < -0.39 is 0 Å². The number of hydrogen-bond donors (Lipinski definition) is 1. The van der Waals surface area contributed by atoms with Crippen LogP contribution >= 0.6 is 35.0 Å². The smallest absolute Gasteiger partial charge is 0.269 e. The lowest BCUT2D eigenvalue weighted by Gasteiger charge is -2.11. The van der Waals surface area contributed by atoms with Crippen molar-refractivity contribution in [3.8, 4) is 5.69 Å². The number of aromatic nitrogens is 4. The average molecular weight is 431 g/mol. The number of ketones is 1. The van der Waals surface area contributed by atoms with Gasteiger partial charge in [0.15, 0.2) is 16.6 Å². The molecule has 2 aromatic carbocycles. The Hall–Kier alpha value is -2.61. The predicted octanol–water partition coefficient (Wildman–Crippen LogP) is 4.39. The number of nitrogens with zero attached hydrogens (tertiary/aromatic N) is 3. The molecule has 0 unspecified atom stereocenters. The van der Waals surface area contributed by atoms with Gasteiger partial charge in [-0.15, -0.1) is 0 Å². The molecule has 4 aromatic rings. The highest BCUT2D eigenvalue weighted by Crippen LogP contribution is 2.23. The second kappa shape index (κ2) is 7.79. The third-order valence-corrected chi connectivity index (χ3v) is 5.48. The number of aromatic amines is 1. The molecule has 0 bridgehead atoms. The average Bonchev–Trinajstić information content (AvgIpc) is 3.17. The van der Waals surface area contributed by atoms with E-state index in [2.05, 4.69) is 15.2 Å². The maximum atomic E-state index is 13.0. The highest BCUT2D eigenvalue weighted by molar-refractivity contribution is 7.99. The highest BCUT2D eigenvalue weighted by atomic mass is 35.5. The van der Waals surface area contributed by atoms with E-state index in [1.54, 1.807) is 48.5 Å². The lowest BCUT2D eigenvalue weighted by molar-refractivity contribution is 0.102. The summed E-state index contributed by atoms with van der Waals surface area (Å²) in [5.41, 5.74) is 1.24. The second-order valence-corrected chi connectivity index (χ2v) is 7.68. The van der Waals surface area contributed by atoms with Crippen molar-refractivity contribution in [3.63, 3.8) is 0 Å². The van der Waals surface area contributed by atoms with Crippen LogP contribution in [-0.2, 0) is 0 Å². The van der Waals surface area contributed by atoms with Crippen molar-refractivity contribution in [3.05, 3.63) is 80.7 Å². The van der Waals surface area contributed by atoms with Crippen molar-refractivity contribution in [2.75, 3.05) is 5.75 Å². The van der Waals surface area contributed by atoms with E-state index in [9.17, 15) is 9.59 Å². The van der Waals surface area contributed by atoms with Crippen LogP contribution in [0.25, 0.3) is 16.7 Å². The molecule has 0 aliphatic rings. The molecule has 0 aliphatic carbocycles. The third-order valence-electron chi connectivity index (χ3n) is 4.03. The number of H-pyrrole nitrogens is 1. The molecule has 140 valence electrons. The zero-order chi connectivity index (χ0) is 19.7. The molecule has 0 aliphatic heterocycles. The SMILES string of the molecule is O=C(CSc1nc2[nH]ncc2c(=O)n1-c1ccc(Cl)cc1)c1ccc(Cl)cc1. The number of halogens is 2. The zero-order valence-corrected chi connectivity index (χ0v) is 16.6. The Morgan fingerprint density at radius 2 is 1.68 bits per heavy atom. The molecular weight excluding hydrogens is 419 g/mol. The predicted molar refractivity (Wildman–Crippen MR) is 111 cm³/mol. The fraction of sp³-hybridized carbons (Fsp3) is 0.0526. The largest absolute Gasteiger partial charge is 0.293 e. The van der Waals surface area contributed by atoms with Gasteiger partial charge in [0.2, 0.25) is 0 Å². The molecule has 0 amide bonds. The van der Waals surface area contributed by atoms with Crippen molar-refractivity contribution >= 4 is 51.8 Å². The van der Waals surface area contributed by atoms with Crippen LogP contribution < -0.4 is 5.56 Å². The van der Waals surface area contributed by atoms with E-state index in [0.29, 0.717) is 37.5 Å². The number of Topliss-reactive ketones (excluding diaryl/α,β-unsaturated/α-hetero) is 1. The molecule has 0 radical (unpaired) electrons. The van der Waals surface area contributed by atoms with Crippen LogP contribution in [0.2, 0.25) is 10.0 Å². The number of fused-ring (bicyclic) bond motifs is 1. The quantitative estimate of drug-likeness (QED) is 0.288. The number of nitrogens with one attached hydrogen (secondary N) is 1. The summed E-state index contributed by atoms with van der Waals surface area (Å²) < 4.78 is 1.45. The summed E-state index contributed by atoms with van der Waals surface area (Å²) in [6, 6.07) is 13.5. The first-order valence-corrected chi connectivity index (χ1v) is 9.91. The summed E-state index contributed by atoms with van der Waals surface area (Å²) in [7, 11) is 0. The Morgan fingerprint density at radius 3 is 2.36 bits per heavy atom. The molecule has 1 N–H and O–H groups in total. The molecule has 4 rings (SSSR count). The molecule has 0 atom stereocenters. The fourth-order valence-electron chi connectivity index (χ4n) is 2.64. The minimum atomic E-state index is -0.275. The van der Waals surface area contributed by atoms with E-state index in [4.69, 9.17) is 23.2 Å². The molecule has 0 saturated carbocycles. The third kappa shape index (κ3) is 3.69. The number of rotatable bonds is 5. The summed E-state index contributed by atoms with van der Waals surface area (Å²) in [6.45, 7) is 0. The normalized spacial score (nSPS) is 11.1. The molecule has 2 heterocycles. The fourth-order valence-corrected chi connectivity index (χ4v) is 3.79. The van der Waals surface area contributed by atoms with E-state index >= 15 is 0 Å². The Bertz CT molecular complexity index is 1220. The Morgan fingerprint density at radius 1 is 1.04 bits per heavy atom. The van der Waals surface area contributed by atoms with Gasteiger partial charge in [-0.2, -0.15) is 5.10 Å². The number of thioether (sulfide) groups is 1. The molecule has 2 aromatic heterocycles. The summed E-state index contributed by atoms with van der Waals surface area (Å²) in [5.74, 6) is 0.0182. The number of carbonyl (C=O) groups excluding carboxylic acids is 1. The molecule has 0 saturated heterocycles. The summed E-state index contributed by atoms with van der Waals surface area (Å²) >= 11 is 13.0. The first kappa shape index (κ1) is 18.7. The lowest BCUT2D eigenvalue weighted by atomic mass is 10.1. The van der Waals surface area contributed by atoms with Crippen LogP contribution in [0.1, 0.15) is 10.4 Å². The highest BCUT2D eigenvalue weighted by Gasteiger charge is 2.16. The summed E-state index contributed by atoms with van der Waals surface area (Å²) in [4.78, 5) is 29.9. The van der Waals surface area contributed by atoms with Crippen LogP contribution in [0.4, 0.5) is 0 Å². The van der Waals surface area contributed by atoms with Gasteiger partial charge >= 0.3 is 0 Å². The van der Waals surface area contributed by atoms with E-state index in [-0.39, 0.29) is 17.1 Å². The van der Waals surface area contributed by atoms with Crippen LogP contribution in [0.15, 0.2) is 64.7 Å². The van der Waals surface area contributed by atoms with Crippen LogP contribution in [0.3, 0.4) is 0 Å². The minimum Gasteiger partial charge on any atom is -0.293 e. The minimum absolute atomic E-state index is 0.0942. The summed E-state index contributed by atoms with van der Waals surface area (Å²) in [6.07, 6.45) is 1.43. The van der Waals surface area contributed by atoms with Gasteiger partial charge in [-0.1, -0.05) is 35.0 Å². The van der Waals surface area contributed by atoms with E-state index in [1.807, 2.05) is 0 Å². The Kier molecular flexibility index (Phi) is 5.21. The van der Waals surface area contributed by atoms with Crippen molar-refractivity contribution in [2.24, 2.45) is 0 Å². The summed E-state index contributed by atoms with van der Waals surface area (Å²) in [5, 5.41) is 8.46. The first-order chi connectivity index (χ1) is 13.5.